The third-order valence-electron chi connectivity index (χ3n) is 8.91. The van der Waals surface area contributed by atoms with E-state index in [1.807, 2.05) is 42.6 Å². The number of pyridine rings is 2. The van der Waals surface area contributed by atoms with Crippen LogP contribution >= 0.6 is 11.3 Å². The van der Waals surface area contributed by atoms with Crippen molar-refractivity contribution in [1.29, 1.82) is 0 Å². The predicted octanol–water partition coefficient (Wildman–Crippen LogP) is 9.43. The number of aryl methyl sites for hydroxylation is 2. The minimum absolute atomic E-state index is 0. The van der Waals surface area contributed by atoms with Crippen LogP contribution in [0.3, 0.4) is 0 Å². The van der Waals surface area contributed by atoms with E-state index >= 15 is 0 Å². The van der Waals surface area contributed by atoms with Gasteiger partial charge in [-0.1, -0.05) is 31.8 Å². The molecule has 1 aliphatic heterocycles. The first-order valence-corrected chi connectivity index (χ1v) is 26.0. The van der Waals surface area contributed by atoms with Crippen LogP contribution in [-0.4, -0.2) is 31.3 Å². The molecule has 7 aromatic rings. The number of rotatable bonds is 3. The summed E-state index contributed by atoms with van der Waals surface area (Å²) in [6, 6.07) is 37.4. The van der Waals surface area contributed by atoms with Crippen molar-refractivity contribution < 1.29 is 28.3 Å². The summed E-state index contributed by atoms with van der Waals surface area (Å²) < 4.78 is 52.2. The van der Waals surface area contributed by atoms with Gasteiger partial charge in [0.15, 0.2) is 0 Å². The van der Waals surface area contributed by atoms with Gasteiger partial charge in [-0.25, -0.2) is 0 Å². The van der Waals surface area contributed by atoms with E-state index in [4.69, 9.17) is 8.22 Å². The van der Waals surface area contributed by atoms with Crippen molar-refractivity contribution in [3.63, 3.8) is 0 Å². The molecule has 0 N–H and O–H groups in total. The largest absolute Gasteiger partial charge is 0 e. The summed E-state index contributed by atoms with van der Waals surface area (Å²) in [7, 11) is -1.23. The van der Waals surface area contributed by atoms with E-state index < -0.39 is 35.0 Å². The standard InChI is InChI=1S/C27H22GeNS.C14H16NSi.Ir/c1-16-12-25(29-15-17(16)2)20-10-7-9-19-22-13-24-21(14-26(22)30-27(19)20)18-8-5-6-11-23(18)28(24,3)4;1-16(2,3)13-9-10-14(15-11-13)12-7-5-4-6-8-12;/h5-9,11-15H,1-4H3;4-7,9-11H,1-3H3;/q2*-1;/i1D3,2D3;;. The number of benzene rings is 4. The zero-order valence-corrected chi connectivity index (χ0v) is 33.3. The Balaban J connectivity index is 0.000000238. The number of hydrogen-bond donors (Lipinski definition) is 0. The molecular weight excluding hydrogens is 845 g/mol. The van der Waals surface area contributed by atoms with E-state index in [9.17, 15) is 0 Å². The van der Waals surface area contributed by atoms with Crippen LogP contribution in [-0.2, 0) is 20.1 Å². The molecule has 6 heteroatoms. The maximum Gasteiger partial charge on any atom is 0 e. The molecule has 0 saturated carbocycles. The molecule has 0 spiro atoms. The summed E-state index contributed by atoms with van der Waals surface area (Å²) in [5.74, 6) is 4.88. The molecule has 4 heterocycles. The Morgan fingerprint density at radius 1 is 0.723 bits per heavy atom. The molecule has 47 heavy (non-hydrogen) atoms. The Morgan fingerprint density at radius 3 is 2.23 bits per heavy atom. The van der Waals surface area contributed by atoms with E-state index in [-0.39, 0.29) is 31.2 Å². The van der Waals surface area contributed by atoms with Crippen molar-refractivity contribution in [1.82, 2.24) is 9.97 Å². The van der Waals surface area contributed by atoms with Crippen molar-refractivity contribution in [2.24, 2.45) is 0 Å². The average Bonchev–Trinajstić information content (AvgIpc) is 3.58. The molecule has 0 amide bonds. The molecule has 0 atom stereocenters. The first kappa shape index (κ1) is 26.7. The molecule has 8 rings (SSSR count). The summed E-state index contributed by atoms with van der Waals surface area (Å²) in [6.45, 7) is 1.87. The first-order valence-electron chi connectivity index (χ1n) is 18.4. The average molecular weight is 890 g/mol. The van der Waals surface area contributed by atoms with Crippen LogP contribution in [0, 0.1) is 25.8 Å². The van der Waals surface area contributed by atoms with Gasteiger partial charge in [-0.3, -0.25) is 0 Å². The molecular formula is C41H38GeIrN2SSi-2. The van der Waals surface area contributed by atoms with Crippen LogP contribution in [0.2, 0.25) is 31.2 Å². The van der Waals surface area contributed by atoms with Gasteiger partial charge in [-0.15, -0.1) is 35.9 Å². The number of fused-ring (bicyclic) bond motifs is 6. The fraction of sp³-hybridized carbons (Fsp3) is 0.171. The van der Waals surface area contributed by atoms with Gasteiger partial charge in [-0.2, -0.15) is 0 Å². The molecule has 0 bridgehead atoms. The summed E-state index contributed by atoms with van der Waals surface area (Å²) in [5.41, 5.74) is 5.41. The third kappa shape index (κ3) is 6.25. The van der Waals surface area contributed by atoms with Gasteiger partial charge in [0, 0.05) is 26.3 Å². The molecule has 1 radical (unpaired) electrons. The second-order valence-corrected chi connectivity index (χ2v) is 28.5. The van der Waals surface area contributed by atoms with Crippen molar-refractivity contribution in [3.05, 3.63) is 127 Å². The van der Waals surface area contributed by atoms with E-state index in [1.54, 1.807) is 11.3 Å². The minimum Gasteiger partial charge on any atom is 0 e. The van der Waals surface area contributed by atoms with Crippen LogP contribution in [0.5, 0.6) is 0 Å². The third-order valence-corrected chi connectivity index (χ3v) is 19.6. The second-order valence-electron chi connectivity index (χ2n) is 13.3. The van der Waals surface area contributed by atoms with E-state index in [2.05, 4.69) is 102 Å². The van der Waals surface area contributed by atoms with Crippen LogP contribution in [0.4, 0.5) is 0 Å². The molecule has 0 unspecified atom stereocenters. The predicted molar refractivity (Wildman–Crippen MR) is 205 cm³/mol. The Kier molecular flexibility index (Phi) is 7.40. The van der Waals surface area contributed by atoms with E-state index in [0.29, 0.717) is 11.3 Å². The smallest absolute Gasteiger partial charge is 0 e. The Hall–Kier alpha value is -3.19. The van der Waals surface area contributed by atoms with Gasteiger partial charge in [0.1, 0.15) is 0 Å². The van der Waals surface area contributed by atoms with Crippen molar-refractivity contribution >= 4 is 66.8 Å². The maximum atomic E-state index is 7.93. The van der Waals surface area contributed by atoms with Crippen molar-refractivity contribution in [2.75, 3.05) is 0 Å². The van der Waals surface area contributed by atoms with Gasteiger partial charge in [0.25, 0.3) is 0 Å². The van der Waals surface area contributed by atoms with Crippen LogP contribution in [0.1, 0.15) is 19.4 Å². The van der Waals surface area contributed by atoms with Crippen LogP contribution in [0.25, 0.3) is 53.8 Å². The van der Waals surface area contributed by atoms with Gasteiger partial charge < -0.3 is 4.98 Å². The first-order chi connectivity index (χ1) is 24.4. The number of nitrogens with zero attached hydrogens (tertiary/aromatic N) is 2. The Morgan fingerprint density at radius 2 is 1.51 bits per heavy atom. The molecule has 0 aliphatic carbocycles. The normalized spacial score (nSPS) is 15.4. The maximum absolute atomic E-state index is 7.93. The van der Waals surface area contributed by atoms with Crippen molar-refractivity contribution in [3.8, 4) is 33.6 Å². The molecule has 2 nitrogen and oxygen atoms in total. The topological polar surface area (TPSA) is 25.8 Å². The summed E-state index contributed by atoms with van der Waals surface area (Å²) in [4.78, 5) is 8.92. The summed E-state index contributed by atoms with van der Waals surface area (Å²) in [5, 5.41) is 3.66. The van der Waals surface area contributed by atoms with E-state index in [1.165, 1.54) is 42.8 Å². The summed E-state index contributed by atoms with van der Waals surface area (Å²) in [6.07, 6.45) is 3.20. The van der Waals surface area contributed by atoms with Gasteiger partial charge in [-0.05, 0) is 10.9 Å². The van der Waals surface area contributed by atoms with Crippen LogP contribution < -0.4 is 14.0 Å². The Labute approximate surface area is 308 Å². The minimum atomic E-state index is -2.57. The van der Waals surface area contributed by atoms with E-state index in [0.717, 1.165) is 26.0 Å². The fourth-order valence-corrected chi connectivity index (χ4v) is 15.0. The SMILES string of the molecule is C[Si](C)(C)c1ccc(-c2[c-]cccc2)nc1.[2H]C([2H])([2H])c1cnc(-c2[c-]ccc3c2sc2cc4[c](cc23)[Ge]([CH3])([CH3])[c]2ccccc2-4)cc1C([2H])([2H])[2H].[Ir]. The number of thiophene rings is 1. The Bertz CT molecular complexity index is 2460. The fourth-order valence-electron chi connectivity index (χ4n) is 6.27. The monoisotopic (exact) mass is 891 g/mol. The number of aromatic nitrogens is 2. The second kappa shape index (κ2) is 13.0. The molecule has 0 fully saturated rings. The molecule has 0 saturated heterocycles. The summed E-state index contributed by atoms with van der Waals surface area (Å²) >= 11 is -0.774. The van der Waals surface area contributed by atoms with Gasteiger partial charge >= 0.3 is 192 Å². The quantitative estimate of drug-likeness (QED) is 0.131. The zero-order chi connectivity index (χ0) is 37.2. The number of hydrogen-bond acceptors (Lipinski definition) is 3. The zero-order valence-electron chi connectivity index (χ0n) is 33.0. The van der Waals surface area contributed by atoms with Gasteiger partial charge in [0.2, 0.25) is 0 Å². The molecule has 1 aliphatic rings. The van der Waals surface area contributed by atoms with Gasteiger partial charge in [0.05, 0.1) is 8.07 Å². The van der Waals surface area contributed by atoms with Crippen LogP contribution in [0.15, 0.2) is 103 Å². The molecule has 237 valence electrons. The van der Waals surface area contributed by atoms with Crippen molar-refractivity contribution in [2.45, 2.75) is 44.9 Å². The molecule has 3 aromatic heterocycles. The molecule has 4 aromatic carbocycles.